The van der Waals surface area contributed by atoms with Gasteiger partial charge >= 0.3 is 0 Å². The van der Waals surface area contributed by atoms with Crippen LogP contribution in [0.15, 0.2) is 90.1 Å². The van der Waals surface area contributed by atoms with E-state index in [0.29, 0.717) is 11.7 Å². The second-order valence-electron chi connectivity index (χ2n) is 6.97. The Morgan fingerprint density at radius 3 is 2.03 bits per heavy atom. The van der Waals surface area contributed by atoms with Crippen molar-refractivity contribution in [1.82, 2.24) is 14.8 Å². The molecule has 1 aromatic heterocycles. The summed E-state index contributed by atoms with van der Waals surface area (Å²) in [5.41, 5.74) is 2.62. The molecule has 162 valence electrons. The van der Waals surface area contributed by atoms with Crippen molar-refractivity contribution in [2.45, 2.75) is 18.6 Å². The lowest BCUT2D eigenvalue weighted by atomic mass is 10.2. The second-order valence-corrected chi connectivity index (χ2v) is 7.91. The fraction of sp³-hybridized carbons (Fsp3) is 0.160. The van der Waals surface area contributed by atoms with Crippen LogP contribution in [0.4, 0.5) is 11.4 Å². The highest BCUT2D eigenvalue weighted by atomic mass is 32.2. The highest BCUT2D eigenvalue weighted by molar-refractivity contribution is 7.99. The quantitative estimate of drug-likeness (QED) is 0.339. The lowest BCUT2D eigenvalue weighted by Crippen LogP contribution is -2.27. The van der Waals surface area contributed by atoms with Crippen LogP contribution in [0.1, 0.15) is 6.92 Å². The van der Waals surface area contributed by atoms with Crippen molar-refractivity contribution >= 4 is 29.0 Å². The summed E-state index contributed by atoms with van der Waals surface area (Å²) in [7, 11) is 1.64. The number of benzene rings is 3. The fourth-order valence-electron chi connectivity index (χ4n) is 3.42. The lowest BCUT2D eigenvalue weighted by molar-refractivity contribution is -0.115. The molecule has 0 fully saturated rings. The van der Waals surface area contributed by atoms with Gasteiger partial charge in [-0.3, -0.25) is 9.69 Å². The third kappa shape index (κ3) is 4.68. The van der Waals surface area contributed by atoms with Crippen molar-refractivity contribution in [2.75, 3.05) is 17.8 Å². The number of nitrogens with zero attached hydrogens (tertiary/aromatic N) is 4. The molecule has 0 saturated heterocycles. The summed E-state index contributed by atoms with van der Waals surface area (Å²) < 4.78 is 7.26. The molecule has 32 heavy (non-hydrogen) atoms. The Labute approximate surface area is 191 Å². The van der Waals surface area contributed by atoms with E-state index in [1.54, 1.807) is 12.0 Å². The average Bonchev–Trinajstić information content (AvgIpc) is 3.27. The second kappa shape index (κ2) is 10.2. The summed E-state index contributed by atoms with van der Waals surface area (Å²) in [4.78, 5) is 15.0. The number of rotatable bonds is 8. The number of anilines is 2. The van der Waals surface area contributed by atoms with Gasteiger partial charge in [-0.25, -0.2) is 0 Å². The molecule has 4 rings (SSSR count). The fourth-order valence-corrected chi connectivity index (χ4v) is 4.27. The van der Waals surface area contributed by atoms with Gasteiger partial charge in [0.25, 0.3) is 0 Å². The Hall–Kier alpha value is -3.58. The van der Waals surface area contributed by atoms with Crippen LogP contribution in [0, 0.1) is 0 Å². The number of aromatic nitrogens is 3. The normalized spacial score (nSPS) is 10.7. The molecule has 0 unspecified atom stereocenters. The predicted molar refractivity (Wildman–Crippen MR) is 128 cm³/mol. The number of amides is 1. The molecule has 1 amide bonds. The van der Waals surface area contributed by atoms with E-state index in [0.717, 1.165) is 28.5 Å². The van der Waals surface area contributed by atoms with Crippen molar-refractivity contribution in [1.29, 1.82) is 0 Å². The van der Waals surface area contributed by atoms with Crippen LogP contribution in [0.25, 0.3) is 11.4 Å². The van der Waals surface area contributed by atoms with E-state index in [9.17, 15) is 4.79 Å². The average molecular weight is 445 g/mol. The molecule has 7 heteroatoms. The number of ether oxygens (including phenoxy) is 1. The van der Waals surface area contributed by atoms with Gasteiger partial charge < -0.3 is 9.30 Å². The number of thioether (sulfide) groups is 1. The molecule has 0 saturated carbocycles. The molecule has 0 aliphatic carbocycles. The molecule has 4 aromatic rings. The number of hydrogen-bond donors (Lipinski definition) is 0. The Kier molecular flexibility index (Phi) is 6.87. The van der Waals surface area contributed by atoms with Gasteiger partial charge in [-0.05, 0) is 55.5 Å². The first-order valence-corrected chi connectivity index (χ1v) is 11.3. The Morgan fingerprint density at radius 1 is 0.906 bits per heavy atom. The van der Waals surface area contributed by atoms with Gasteiger partial charge in [-0.15, -0.1) is 10.2 Å². The van der Waals surface area contributed by atoms with Gasteiger partial charge in [0.05, 0.1) is 12.9 Å². The minimum Gasteiger partial charge on any atom is -0.497 e. The van der Waals surface area contributed by atoms with Gasteiger partial charge in [0.1, 0.15) is 5.75 Å². The Balaban J connectivity index is 1.55. The molecule has 1 heterocycles. The van der Waals surface area contributed by atoms with Crippen LogP contribution in [0.2, 0.25) is 0 Å². The highest BCUT2D eigenvalue weighted by Crippen LogP contribution is 2.29. The van der Waals surface area contributed by atoms with Crippen molar-refractivity contribution in [2.24, 2.45) is 0 Å². The first-order chi connectivity index (χ1) is 15.7. The van der Waals surface area contributed by atoms with Gasteiger partial charge in [0.15, 0.2) is 11.0 Å². The van der Waals surface area contributed by atoms with Crippen molar-refractivity contribution < 1.29 is 9.53 Å². The number of carbonyl (C=O) groups excluding carboxylic acids is 1. The standard InChI is InChI=1S/C25H24N4O2S/c1-3-28-24(19-14-16-22(31-2)17-15-19)26-27-25(28)32-18-23(30)29(20-10-6-4-7-11-20)21-12-8-5-9-13-21/h4-17H,3,18H2,1-2H3. The van der Waals surface area contributed by atoms with E-state index >= 15 is 0 Å². The zero-order valence-electron chi connectivity index (χ0n) is 18.0. The summed E-state index contributed by atoms with van der Waals surface area (Å²) in [5, 5.41) is 9.45. The maximum Gasteiger partial charge on any atom is 0.242 e. The molecule has 0 aliphatic heterocycles. The molecule has 0 spiro atoms. The number of methoxy groups -OCH3 is 1. The molecule has 0 bridgehead atoms. The number of para-hydroxylation sites is 2. The van der Waals surface area contributed by atoms with Crippen molar-refractivity contribution in [3.8, 4) is 17.1 Å². The topological polar surface area (TPSA) is 60.2 Å². The highest BCUT2D eigenvalue weighted by Gasteiger charge is 2.20. The van der Waals surface area contributed by atoms with Crippen LogP contribution < -0.4 is 9.64 Å². The molecule has 0 radical (unpaired) electrons. The Morgan fingerprint density at radius 2 is 1.50 bits per heavy atom. The molecule has 0 atom stereocenters. The molecule has 0 N–H and O–H groups in total. The summed E-state index contributed by atoms with van der Waals surface area (Å²) in [6, 6.07) is 27.1. The van der Waals surface area contributed by atoms with Crippen LogP contribution in [-0.2, 0) is 11.3 Å². The minimum atomic E-state index is -0.0240. The number of carbonyl (C=O) groups is 1. The molecular formula is C25H24N4O2S. The van der Waals surface area contributed by atoms with E-state index in [1.807, 2.05) is 96.4 Å². The van der Waals surface area contributed by atoms with Crippen LogP contribution in [-0.4, -0.2) is 33.5 Å². The minimum absolute atomic E-state index is 0.0240. The van der Waals surface area contributed by atoms with Gasteiger partial charge in [0.2, 0.25) is 5.91 Å². The number of hydrogen-bond acceptors (Lipinski definition) is 5. The molecule has 6 nitrogen and oxygen atoms in total. The van der Waals surface area contributed by atoms with Crippen LogP contribution in [0.3, 0.4) is 0 Å². The monoisotopic (exact) mass is 444 g/mol. The zero-order chi connectivity index (χ0) is 22.3. The first kappa shape index (κ1) is 21.6. The van der Waals surface area contributed by atoms with E-state index in [1.165, 1.54) is 11.8 Å². The summed E-state index contributed by atoms with van der Waals surface area (Å²) in [6.45, 7) is 2.74. The van der Waals surface area contributed by atoms with Gasteiger partial charge in [0, 0.05) is 23.5 Å². The molecule has 3 aromatic carbocycles. The van der Waals surface area contributed by atoms with Crippen LogP contribution in [0.5, 0.6) is 5.75 Å². The van der Waals surface area contributed by atoms with Gasteiger partial charge in [-0.1, -0.05) is 48.2 Å². The summed E-state index contributed by atoms with van der Waals surface area (Å²) in [5.74, 6) is 1.78. The maximum absolute atomic E-state index is 13.3. The first-order valence-electron chi connectivity index (χ1n) is 10.3. The Bertz CT molecular complexity index is 1120. The lowest BCUT2D eigenvalue weighted by Gasteiger charge is -2.23. The third-order valence-corrected chi connectivity index (χ3v) is 5.94. The van der Waals surface area contributed by atoms with E-state index in [-0.39, 0.29) is 11.7 Å². The molecular weight excluding hydrogens is 420 g/mol. The SMILES string of the molecule is CCn1c(SCC(=O)N(c2ccccc2)c2ccccc2)nnc1-c1ccc(OC)cc1. The van der Waals surface area contributed by atoms with E-state index in [4.69, 9.17) is 4.74 Å². The van der Waals surface area contributed by atoms with Crippen molar-refractivity contribution in [3.05, 3.63) is 84.9 Å². The van der Waals surface area contributed by atoms with Gasteiger partial charge in [-0.2, -0.15) is 0 Å². The van der Waals surface area contributed by atoms with Crippen LogP contribution >= 0.6 is 11.8 Å². The van der Waals surface area contributed by atoms with E-state index in [2.05, 4.69) is 10.2 Å². The predicted octanol–water partition coefficient (Wildman–Crippen LogP) is 5.43. The van der Waals surface area contributed by atoms with Crippen molar-refractivity contribution in [3.63, 3.8) is 0 Å². The third-order valence-electron chi connectivity index (χ3n) is 4.98. The summed E-state index contributed by atoms with van der Waals surface area (Å²) >= 11 is 1.39. The van der Waals surface area contributed by atoms with E-state index < -0.39 is 0 Å². The summed E-state index contributed by atoms with van der Waals surface area (Å²) in [6.07, 6.45) is 0. The largest absolute Gasteiger partial charge is 0.497 e. The molecule has 0 aliphatic rings. The maximum atomic E-state index is 13.3. The zero-order valence-corrected chi connectivity index (χ0v) is 18.8. The smallest absolute Gasteiger partial charge is 0.242 e.